The zero-order valence-electron chi connectivity index (χ0n) is 9.11. The van der Waals surface area contributed by atoms with Gasteiger partial charge in [0.05, 0.1) is 5.69 Å². The van der Waals surface area contributed by atoms with Crippen LogP contribution in [0.15, 0.2) is 35.1 Å². The lowest BCUT2D eigenvalue weighted by molar-refractivity contribution is 0.977. The zero-order chi connectivity index (χ0) is 11.8. The minimum absolute atomic E-state index is 0.0595. The van der Waals surface area contributed by atoms with Gasteiger partial charge in [0.15, 0.2) is 0 Å². The Morgan fingerprint density at radius 1 is 1.29 bits per heavy atom. The Morgan fingerprint density at radius 2 is 2.12 bits per heavy atom. The molecule has 3 nitrogen and oxygen atoms in total. The molecule has 1 aromatic carbocycles. The van der Waals surface area contributed by atoms with E-state index >= 15 is 0 Å². The molecule has 1 aliphatic carbocycles. The lowest BCUT2D eigenvalue weighted by Crippen LogP contribution is -2.09. The second-order valence-corrected chi connectivity index (χ2v) is 5.55. The first kappa shape index (κ1) is 11.0. The van der Waals surface area contributed by atoms with Gasteiger partial charge in [-0.2, -0.15) is 0 Å². The summed E-state index contributed by atoms with van der Waals surface area (Å²) in [6.45, 7) is 0. The van der Waals surface area contributed by atoms with E-state index in [4.69, 9.17) is 0 Å². The van der Waals surface area contributed by atoms with Gasteiger partial charge in [-0.05, 0) is 47.6 Å². The van der Waals surface area contributed by atoms with Crippen LogP contribution in [0.25, 0.3) is 11.4 Å². The van der Waals surface area contributed by atoms with Crippen LogP contribution in [0.1, 0.15) is 24.5 Å². The van der Waals surface area contributed by atoms with E-state index in [0.717, 1.165) is 27.7 Å². The highest BCUT2D eigenvalue weighted by molar-refractivity contribution is 14.1. The van der Waals surface area contributed by atoms with Crippen molar-refractivity contribution in [3.05, 3.63) is 49.9 Å². The number of nitrogens with one attached hydrogen (secondary N) is 1. The monoisotopic (exact) mass is 338 g/mol. The van der Waals surface area contributed by atoms with Crippen molar-refractivity contribution in [2.24, 2.45) is 0 Å². The van der Waals surface area contributed by atoms with Crippen molar-refractivity contribution in [3.8, 4) is 11.4 Å². The van der Waals surface area contributed by atoms with Crippen molar-refractivity contribution in [3.63, 3.8) is 0 Å². The predicted octanol–water partition coefficient (Wildman–Crippen LogP) is 2.92. The van der Waals surface area contributed by atoms with Crippen LogP contribution in [-0.2, 0) is 0 Å². The first-order chi connectivity index (χ1) is 8.22. The van der Waals surface area contributed by atoms with Crippen molar-refractivity contribution in [2.75, 3.05) is 0 Å². The molecule has 1 aromatic heterocycles. The number of rotatable bonds is 2. The Morgan fingerprint density at radius 3 is 2.82 bits per heavy atom. The predicted molar refractivity (Wildman–Crippen MR) is 75.0 cm³/mol. The smallest absolute Gasteiger partial charge is 0.251 e. The van der Waals surface area contributed by atoms with Gasteiger partial charge in [0.2, 0.25) is 0 Å². The van der Waals surface area contributed by atoms with E-state index in [9.17, 15) is 4.79 Å². The zero-order valence-corrected chi connectivity index (χ0v) is 11.3. The van der Waals surface area contributed by atoms with E-state index in [1.54, 1.807) is 6.07 Å². The van der Waals surface area contributed by atoms with E-state index in [1.165, 1.54) is 0 Å². The van der Waals surface area contributed by atoms with Gasteiger partial charge >= 0.3 is 0 Å². The maximum Gasteiger partial charge on any atom is 0.251 e. The molecule has 0 atom stereocenters. The van der Waals surface area contributed by atoms with Gasteiger partial charge in [-0.3, -0.25) is 4.79 Å². The SMILES string of the molecule is O=c1cc(C2CC2)nc(-c2cccc(I)c2)[nH]1. The lowest BCUT2D eigenvalue weighted by Gasteiger charge is -2.03. The summed E-state index contributed by atoms with van der Waals surface area (Å²) >= 11 is 2.26. The molecule has 0 saturated heterocycles. The van der Waals surface area contributed by atoms with Crippen LogP contribution in [0.4, 0.5) is 0 Å². The van der Waals surface area contributed by atoms with Gasteiger partial charge in [0, 0.05) is 21.1 Å². The number of hydrogen-bond donors (Lipinski definition) is 1. The van der Waals surface area contributed by atoms with Crippen molar-refractivity contribution < 1.29 is 0 Å². The molecule has 1 aliphatic rings. The Balaban J connectivity index is 2.10. The van der Waals surface area contributed by atoms with E-state index in [-0.39, 0.29) is 5.56 Å². The molecule has 86 valence electrons. The normalized spacial score (nSPS) is 14.9. The molecule has 4 heteroatoms. The molecule has 0 amide bonds. The van der Waals surface area contributed by atoms with Gasteiger partial charge in [-0.15, -0.1) is 0 Å². The Kier molecular flexibility index (Phi) is 2.74. The molecule has 0 aliphatic heterocycles. The number of benzene rings is 1. The fourth-order valence-electron chi connectivity index (χ4n) is 1.84. The van der Waals surface area contributed by atoms with Crippen LogP contribution in [-0.4, -0.2) is 9.97 Å². The van der Waals surface area contributed by atoms with Gasteiger partial charge < -0.3 is 4.98 Å². The largest absolute Gasteiger partial charge is 0.307 e. The molecule has 0 radical (unpaired) electrons. The quantitative estimate of drug-likeness (QED) is 0.856. The summed E-state index contributed by atoms with van der Waals surface area (Å²) in [5.41, 5.74) is 1.84. The van der Waals surface area contributed by atoms with Crippen molar-refractivity contribution in [2.45, 2.75) is 18.8 Å². The summed E-state index contributed by atoms with van der Waals surface area (Å²) in [6.07, 6.45) is 2.31. The minimum atomic E-state index is -0.0595. The average molecular weight is 338 g/mol. The number of aromatic nitrogens is 2. The van der Waals surface area contributed by atoms with E-state index < -0.39 is 0 Å². The Bertz CT molecular complexity index is 617. The summed E-state index contributed by atoms with van der Waals surface area (Å²) in [5.74, 6) is 1.18. The minimum Gasteiger partial charge on any atom is -0.307 e. The number of halogens is 1. The molecule has 1 heterocycles. The summed E-state index contributed by atoms with van der Waals surface area (Å²) in [4.78, 5) is 19.0. The van der Waals surface area contributed by atoms with Crippen LogP contribution in [0.2, 0.25) is 0 Å². The highest BCUT2D eigenvalue weighted by atomic mass is 127. The third-order valence-electron chi connectivity index (χ3n) is 2.86. The molecule has 0 bridgehead atoms. The van der Waals surface area contributed by atoms with Crippen LogP contribution in [0.3, 0.4) is 0 Å². The lowest BCUT2D eigenvalue weighted by atomic mass is 10.2. The summed E-state index contributed by atoms with van der Waals surface area (Å²) in [6, 6.07) is 9.61. The fraction of sp³-hybridized carbons (Fsp3) is 0.231. The fourth-order valence-corrected chi connectivity index (χ4v) is 2.38. The highest BCUT2D eigenvalue weighted by Gasteiger charge is 2.25. The molecule has 17 heavy (non-hydrogen) atoms. The number of nitrogens with zero attached hydrogens (tertiary/aromatic N) is 1. The van der Waals surface area contributed by atoms with Crippen LogP contribution in [0, 0.1) is 3.57 Å². The molecule has 2 aromatic rings. The Labute approximate surface area is 112 Å². The third-order valence-corrected chi connectivity index (χ3v) is 3.53. The summed E-state index contributed by atoms with van der Waals surface area (Å²) in [5, 5.41) is 0. The number of hydrogen-bond acceptors (Lipinski definition) is 2. The van der Waals surface area contributed by atoms with Gasteiger partial charge in [0.1, 0.15) is 5.82 Å². The second-order valence-electron chi connectivity index (χ2n) is 4.30. The number of H-pyrrole nitrogens is 1. The molecule has 0 unspecified atom stereocenters. The van der Waals surface area contributed by atoms with Crippen LogP contribution >= 0.6 is 22.6 Å². The van der Waals surface area contributed by atoms with Crippen molar-refractivity contribution in [1.82, 2.24) is 9.97 Å². The first-order valence-corrected chi connectivity index (χ1v) is 6.67. The van der Waals surface area contributed by atoms with Gasteiger partial charge in [-0.25, -0.2) is 4.98 Å². The maximum absolute atomic E-state index is 11.6. The van der Waals surface area contributed by atoms with E-state index in [0.29, 0.717) is 11.7 Å². The summed E-state index contributed by atoms with van der Waals surface area (Å²) < 4.78 is 1.14. The Hall–Kier alpha value is -1.17. The second kappa shape index (κ2) is 4.25. The molecule has 1 N–H and O–H groups in total. The first-order valence-electron chi connectivity index (χ1n) is 5.59. The van der Waals surface area contributed by atoms with Crippen LogP contribution < -0.4 is 5.56 Å². The average Bonchev–Trinajstić information content (AvgIpc) is 3.12. The van der Waals surface area contributed by atoms with Gasteiger partial charge in [-0.1, -0.05) is 12.1 Å². The molecular weight excluding hydrogens is 327 g/mol. The highest BCUT2D eigenvalue weighted by Crippen LogP contribution is 2.38. The standard InChI is InChI=1S/C13H11IN2O/c14-10-3-1-2-9(6-10)13-15-11(8-4-5-8)7-12(17)16-13/h1-3,6-8H,4-5H2,(H,15,16,17). The molecule has 1 fully saturated rings. The van der Waals surface area contributed by atoms with E-state index in [2.05, 4.69) is 32.6 Å². The molecule has 3 rings (SSSR count). The van der Waals surface area contributed by atoms with E-state index in [1.807, 2.05) is 24.3 Å². The summed E-state index contributed by atoms with van der Waals surface area (Å²) in [7, 11) is 0. The molecule has 1 saturated carbocycles. The van der Waals surface area contributed by atoms with Crippen LogP contribution in [0.5, 0.6) is 0 Å². The van der Waals surface area contributed by atoms with Crippen molar-refractivity contribution in [1.29, 1.82) is 0 Å². The molecular formula is C13H11IN2O. The van der Waals surface area contributed by atoms with Gasteiger partial charge in [0.25, 0.3) is 5.56 Å². The van der Waals surface area contributed by atoms with Crippen molar-refractivity contribution >= 4 is 22.6 Å². The topological polar surface area (TPSA) is 45.8 Å². The maximum atomic E-state index is 11.6. The number of aromatic amines is 1. The molecule has 0 spiro atoms. The third kappa shape index (κ3) is 2.41.